The lowest BCUT2D eigenvalue weighted by Gasteiger charge is -2.08. The first kappa shape index (κ1) is 8.91. The molecule has 0 aliphatic carbocycles. The Hall–Kier alpha value is -0.180. The predicted molar refractivity (Wildman–Crippen MR) is 46.3 cm³/mol. The smallest absolute Gasteiger partial charge is 0.248 e. The van der Waals surface area contributed by atoms with Crippen molar-refractivity contribution < 1.29 is 0 Å². The molecule has 0 amide bonds. The number of hydrogen-bond donors (Lipinski definition) is 1. The summed E-state index contributed by atoms with van der Waals surface area (Å²) in [6, 6.07) is 2.78. The van der Waals surface area contributed by atoms with Gasteiger partial charge in [0, 0.05) is 17.8 Å². The van der Waals surface area contributed by atoms with Gasteiger partial charge in [-0.05, 0) is 6.07 Å². The van der Waals surface area contributed by atoms with Crippen molar-refractivity contribution in [2.24, 2.45) is 0 Å². The van der Waals surface area contributed by atoms with E-state index in [2.05, 4.69) is 4.98 Å². The van der Waals surface area contributed by atoms with Crippen LogP contribution < -0.4 is 5.56 Å². The summed E-state index contributed by atoms with van der Waals surface area (Å²) in [5.74, 6) is 0. The van der Waals surface area contributed by atoms with E-state index in [0.29, 0.717) is 5.56 Å². The molecule has 0 aliphatic rings. The predicted octanol–water partition coefficient (Wildman–Crippen LogP) is 2.20. The first-order chi connectivity index (χ1) is 5.00. The number of halogens is 3. The summed E-state index contributed by atoms with van der Waals surface area (Å²) in [7, 11) is 0. The van der Waals surface area contributed by atoms with E-state index in [4.69, 9.17) is 34.8 Å². The van der Waals surface area contributed by atoms with E-state index in [1.165, 1.54) is 18.3 Å². The molecule has 0 spiro atoms. The van der Waals surface area contributed by atoms with Crippen molar-refractivity contribution in [3.05, 3.63) is 34.2 Å². The minimum atomic E-state index is -1.52. The second kappa shape index (κ2) is 3.05. The van der Waals surface area contributed by atoms with Crippen LogP contribution in [0.2, 0.25) is 0 Å². The number of aromatic amines is 1. The number of hydrogen-bond acceptors (Lipinski definition) is 1. The molecular formula is C6H4Cl3NO. The zero-order valence-electron chi connectivity index (χ0n) is 5.27. The normalized spacial score (nSPS) is 11.5. The van der Waals surface area contributed by atoms with Crippen LogP contribution in [0, 0.1) is 0 Å². The molecule has 1 N–H and O–H groups in total. The van der Waals surface area contributed by atoms with Gasteiger partial charge in [-0.25, -0.2) is 0 Å². The van der Waals surface area contributed by atoms with Gasteiger partial charge >= 0.3 is 0 Å². The van der Waals surface area contributed by atoms with Crippen LogP contribution in [0.3, 0.4) is 0 Å². The highest BCUT2D eigenvalue weighted by atomic mass is 35.6. The van der Waals surface area contributed by atoms with Crippen molar-refractivity contribution in [2.45, 2.75) is 3.79 Å². The van der Waals surface area contributed by atoms with Gasteiger partial charge in [0.1, 0.15) is 0 Å². The van der Waals surface area contributed by atoms with Gasteiger partial charge < -0.3 is 4.98 Å². The van der Waals surface area contributed by atoms with Gasteiger partial charge in [0.2, 0.25) is 9.35 Å². The Kier molecular flexibility index (Phi) is 2.47. The molecule has 1 aromatic rings. The summed E-state index contributed by atoms with van der Waals surface area (Å²) in [5.41, 5.74) is 0.0834. The van der Waals surface area contributed by atoms with E-state index in [9.17, 15) is 4.79 Å². The number of aromatic nitrogens is 1. The Labute approximate surface area is 78.1 Å². The summed E-state index contributed by atoms with van der Waals surface area (Å²) < 4.78 is -1.52. The van der Waals surface area contributed by atoms with Gasteiger partial charge in [-0.2, -0.15) is 0 Å². The van der Waals surface area contributed by atoms with E-state index in [-0.39, 0.29) is 5.56 Å². The van der Waals surface area contributed by atoms with E-state index < -0.39 is 3.79 Å². The SMILES string of the molecule is O=c1cc(C(Cl)(Cl)Cl)cc[nH]1. The van der Waals surface area contributed by atoms with Crippen LogP contribution in [0.4, 0.5) is 0 Å². The minimum Gasteiger partial charge on any atom is -0.329 e. The molecule has 0 saturated carbocycles. The van der Waals surface area contributed by atoms with Crippen LogP contribution in [0.25, 0.3) is 0 Å². The first-order valence-corrected chi connectivity index (χ1v) is 3.89. The average Bonchev–Trinajstić information content (AvgIpc) is 1.86. The second-order valence-corrected chi connectivity index (χ2v) is 4.22. The molecular weight excluding hydrogens is 208 g/mol. The zero-order valence-corrected chi connectivity index (χ0v) is 7.54. The van der Waals surface area contributed by atoms with Gasteiger partial charge in [0.05, 0.1) is 0 Å². The number of H-pyrrole nitrogens is 1. The maximum Gasteiger partial charge on any atom is 0.248 e. The van der Waals surface area contributed by atoms with Gasteiger partial charge in [0.15, 0.2) is 0 Å². The third-order valence-electron chi connectivity index (χ3n) is 1.10. The number of rotatable bonds is 0. The summed E-state index contributed by atoms with van der Waals surface area (Å²) in [5, 5.41) is 0. The fraction of sp³-hybridized carbons (Fsp3) is 0.167. The van der Waals surface area contributed by atoms with Crippen LogP contribution in [0.5, 0.6) is 0 Å². The van der Waals surface area contributed by atoms with Gasteiger partial charge in [-0.1, -0.05) is 34.8 Å². The van der Waals surface area contributed by atoms with E-state index in [0.717, 1.165) is 0 Å². The molecule has 5 heteroatoms. The standard InChI is InChI=1S/C6H4Cl3NO/c7-6(8,9)4-1-2-10-5(11)3-4/h1-3H,(H,10,11). The van der Waals surface area contributed by atoms with Crippen LogP contribution in [0.1, 0.15) is 5.56 Å². The highest BCUT2D eigenvalue weighted by Gasteiger charge is 2.22. The minimum absolute atomic E-state index is 0.283. The van der Waals surface area contributed by atoms with Crippen molar-refractivity contribution in [1.82, 2.24) is 4.98 Å². The number of nitrogens with one attached hydrogen (secondary N) is 1. The third kappa shape index (κ3) is 2.40. The summed E-state index contributed by atoms with van der Waals surface area (Å²) in [4.78, 5) is 13.1. The summed E-state index contributed by atoms with van der Waals surface area (Å²) >= 11 is 16.5. The lowest BCUT2D eigenvalue weighted by atomic mass is 10.3. The lowest BCUT2D eigenvalue weighted by molar-refractivity contribution is 1.15. The van der Waals surface area contributed by atoms with Crippen molar-refractivity contribution in [3.63, 3.8) is 0 Å². The molecule has 2 nitrogen and oxygen atoms in total. The molecule has 0 aromatic carbocycles. The van der Waals surface area contributed by atoms with Gasteiger partial charge in [-0.3, -0.25) is 4.79 Å². The van der Waals surface area contributed by atoms with E-state index in [1.54, 1.807) is 0 Å². The van der Waals surface area contributed by atoms with Crippen LogP contribution in [-0.4, -0.2) is 4.98 Å². The van der Waals surface area contributed by atoms with Gasteiger partial charge in [-0.15, -0.1) is 0 Å². The average molecular weight is 212 g/mol. The third-order valence-corrected chi connectivity index (χ3v) is 1.76. The topological polar surface area (TPSA) is 32.9 Å². The largest absolute Gasteiger partial charge is 0.329 e. The van der Waals surface area contributed by atoms with Crippen LogP contribution in [-0.2, 0) is 3.79 Å². The highest BCUT2D eigenvalue weighted by Crippen LogP contribution is 2.36. The molecule has 0 atom stereocenters. The molecule has 1 heterocycles. The summed E-state index contributed by atoms with van der Waals surface area (Å²) in [6.07, 6.45) is 1.43. The zero-order chi connectivity index (χ0) is 8.48. The Morgan fingerprint density at radius 2 is 2.00 bits per heavy atom. The Morgan fingerprint density at radius 1 is 1.36 bits per heavy atom. The maximum absolute atomic E-state index is 10.7. The van der Waals surface area contributed by atoms with Crippen LogP contribution >= 0.6 is 34.8 Å². The van der Waals surface area contributed by atoms with Crippen molar-refractivity contribution in [1.29, 1.82) is 0 Å². The number of alkyl halides is 3. The molecule has 0 fully saturated rings. The Bertz CT molecular complexity index is 301. The monoisotopic (exact) mass is 211 g/mol. The Balaban J connectivity index is 3.16. The molecule has 60 valence electrons. The Morgan fingerprint density at radius 3 is 2.36 bits per heavy atom. The van der Waals surface area contributed by atoms with E-state index in [1.807, 2.05) is 0 Å². The molecule has 1 rings (SSSR count). The number of pyridine rings is 1. The van der Waals surface area contributed by atoms with Crippen molar-refractivity contribution in [3.8, 4) is 0 Å². The van der Waals surface area contributed by atoms with Crippen LogP contribution in [0.15, 0.2) is 23.1 Å². The molecule has 11 heavy (non-hydrogen) atoms. The molecule has 0 unspecified atom stereocenters. The van der Waals surface area contributed by atoms with Crippen molar-refractivity contribution >= 4 is 34.8 Å². The fourth-order valence-corrected chi connectivity index (χ4v) is 0.974. The molecule has 1 aromatic heterocycles. The highest BCUT2D eigenvalue weighted by molar-refractivity contribution is 6.66. The molecule has 0 saturated heterocycles. The van der Waals surface area contributed by atoms with Gasteiger partial charge in [0.25, 0.3) is 0 Å². The van der Waals surface area contributed by atoms with Crippen molar-refractivity contribution in [2.75, 3.05) is 0 Å². The molecule has 0 radical (unpaired) electrons. The molecule has 0 aliphatic heterocycles. The quantitative estimate of drug-likeness (QED) is 0.657. The lowest BCUT2D eigenvalue weighted by Crippen LogP contribution is -2.09. The second-order valence-electron chi connectivity index (χ2n) is 1.94. The first-order valence-electron chi connectivity index (χ1n) is 2.76. The molecule has 0 bridgehead atoms. The maximum atomic E-state index is 10.7. The summed E-state index contributed by atoms with van der Waals surface area (Å²) in [6.45, 7) is 0. The fourth-order valence-electron chi connectivity index (χ4n) is 0.621. The van der Waals surface area contributed by atoms with E-state index >= 15 is 0 Å².